The van der Waals surface area contributed by atoms with E-state index in [2.05, 4.69) is 0 Å². The van der Waals surface area contributed by atoms with Gasteiger partial charge in [0.1, 0.15) is 11.4 Å². The van der Waals surface area contributed by atoms with Crippen LogP contribution in [0.2, 0.25) is 0 Å². The lowest BCUT2D eigenvalue weighted by atomic mass is 10.1. The number of rotatable bonds is 3. The Morgan fingerprint density at radius 3 is 1.82 bits per heavy atom. The maximum Gasteiger partial charge on any atom is 0.344 e. The van der Waals surface area contributed by atoms with Crippen molar-refractivity contribution in [2.45, 2.75) is 26.4 Å². The largest absolute Gasteiger partial charge is 0.456 e. The summed E-state index contributed by atoms with van der Waals surface area (Å²) in [5, 5.41) is 0. The van der Waals surface area contributed by atoms with Gasteiger partial charge < -0.3 is 9.47 Å². The second kappa shape index (κ2) is 6.43. The Morgan fingerprint density at radius 1 is 0.773 bits per heavy atom. The van der Waals surface area contributed by atoms with Gasteiger partial charge in [0.25, 0.3) is 0 Å². The molecule has 4 nitrogen and oxygen atoms in total. The summed E-state index contributed by atoms with van der Waals surface area (Å²) in [5.41, 5.74) is -0.257. The van der Waals surface area contributed by atoms with Crippen LogP contribution in [-0.2, 0) is 4.74 Å². The first kappa shape index (κ1) is 15.8. The summed E-state index contributed by atoms with van der Waals surface area (Å²) in [5.74, 6) is -0.715. The maximum absolute atomic E-state index is 12.3. The van der Waals surface area contributed by atoms with Crippen molar-refractivity contribution in [3.63, 3.8) is 0 Å². The van der Waals surface area contributed by atoms with E-state index in [4.69, 9.17) is 9.47 Å². The fraction of sp³-hybridized carbons (Fsp3) is 0.222. The molecular weight excluding hydrogens is 280 g/mol. The molecule has 114 valence electrons. The summed E-state index contributed by atoms with van der Waals surface area (Å²) in [6, 6.07) is 15.2. The molecule has 2 aromatic carbocycles. The van der Waals surface area contributed by atoms with Crippen LogP contribution < -0.4 is 4.74 Å². The number of hydrogen-bond donors (Lipinski definition) is 0. The normalized spacial score (nSPS) is 10.9. The Labute approximate surface area is 129 Å². The minimum Gasteiger partial charge on any atom is -0.456 e. The zero-order valence-electron chi connectivity index (χ0n) is 12.8. The summed E-state index contributed by atoms with van der Waals surface area (Å²) in [7, 11) is 0. The van der Waals surface area contributed by atoms with Gasteiger partial charge in [0.2, 0.25) is 0 Å². The topological polar surface area (TPSA) is 52.6 Å². The molecule has 2 aromatic rings. The first-order valence-corrected chi connectivity index (χ1v) is 6.96. The van der Waals surface area contributed by atoms with Gasteiger partial charge in [-0.15, -0.1) is 0 Å². The van der Waals surface area contributed by atoms with E-state index < -0.39 is 17.5 Å². The lowest BCUT2D eigenvalue weighted by Crippen LogP contribution is -2.25. The lowest BCUT2D eigenvalue weighted by Gasteiger charge is -2.20. The molecule has 0 unspecified atom stereocenters. The molecule has 0 bridgehead atoms. The third kappa shape index (κ3) is 4.19. The standard InChI is InChI=1S/C18H18O4/c1-18(2,3)22-17(20)15-12-8-7-11-14(15)16(19)21-13-9-5-4-6-10-13/h4-12H,1-3H3. The number of ether oxygens (including phenoxy) is 2. The molecule has 0 spiro atoms. The number of benzene rings is 2. The monoisotopic (exact) mass is 298 g/mol. The lowest BCUT2D eigenvalue weighted by molar-refractivity contribution is 0.00663. The summed E-state index contributed by atoms with van der Waals surface area (Å²) < 4.78 is 10.6. The van der Waals surface area contributed by atoms with E-state index in [1.54, 1.807) is 69.3 Å². The molecule has 0 saturated heterocycles. The van der Waals surface area contributed by atoms with Crippen molar-refractivity contribution in [3.05, 3.63) is 65.7 Å². The Morgan fingerprint density at radius 2 is 1.27 bits per heavy atom. The van der Waals surface area contributed by atoms with Crippen LogP contribution in [0.5, 0.6) is 5.75 Å². The van der Waals surface area contributed by atoms with Gasteiger partial charge in [-0.2, -0.15) is 0 Å². The van der Waals surface area contributed by atoms with Gasteiger partial charge in [-0.25, -0.2) is 9.59 Å². The number of esters is 2. The van der Waals surface area contributed by atoms with Crippen molar-refractivity contribution in [2.24, 2.45) is 0 Å². The van der Waals surface area contributed by atoms with E-state index in [1.807, 2.05) is 6.07 Å². The first-order chi connectivity index (χ1) is 10.4. The highest BCUT2D eigenvalue weighted by atomic mass is 16.6. The number of carbonyl (C=O) groups excluding carboxylic acids is 2. The number of carbonyl (C=O) groups is 2. The second-order valence-electron chi connectivity index (χ2n) is 5.75. The molecule has 4 heteroatoms. The zero-order valence-corrected chi connectivity index (χ0v) is 12.8. The maximum atomic E-state index is 12.3. The van der Waals surface area contributed by atoms with Crippen molar-refractivity contribution in [1.29, 1.82) is 0 Å². The van der Waals surface area contributed by atoms with Crippen LogP contribution in [-0.4, -0.2) is 17.5 Å². The van der Waals surface area contributed by atoms with Gasteiger partial charge in [0.15, 0.2) is 0 Å². The molecule has 22 heavy (non-hydrogen) atoms. The predicted octanol–water partition coefficient (Wildman–Crippen LogP) is 3.86. The smallest absolute Gasteiger partial charge is 0.344 e. The van der Waals surface area contributed by atoms with E-state index in [0.717, 1.165) is 0 Å². The van der Waals surface area contributed by atoms with Crippen LogP contribution in [0.15, 0.2) is 54.6 Å². The van der Waals surface area contributed by atoms with Crippen LogP contribution in [0.1, 0.15) is 41.5 Å². The van der Waals surface area contributed by atoms with Crippen LogP contribution in [0.3, 0.4) is 0 Å². The van der Waals surface area contributed by atoms with Gasteiger partial charge in [-0.3, -0.25) is 0 Å². The van der Waals surface area contributed by atoms with Gasteiger partial charge in [-0.05, 0) is 45.0 Å². The molecule has 0 radical (unpaired) electrons. The first-order valence-electron chi connectivity index (χ1n) is 6.96. The SMILES string of the molecule is CC(C)(C)OC(=O)c1ccccc1C(=O)Oc1ccccc1. The fourth-order valence-corrected chi connectivity index (χ4v) is 1.82. The quantitative estimate of drug-likeness (QED) is 0.638. The third-order valence-electron chi connectivity index (χ3n) is 2.72. The summed E-state index contributed by atoms with van der Waals surface area (Å²) in [6.07, 6.45) is 0. The number of hydrogen-bond acceptors (Lipinski definition) is 4. The predicted molar refractivity (Wildman–Crippen MR) is 83.0 cm³/mol. The summed E-state index contributed by atoms with van der Waals surface area (Å²) in [6.45, 7) is 5.32. The highest BCUT2D eigenvalue weighted by Crippen LogP contribution is 2.18. The van der Waals surface area contributed by atoms with E-state index >= 15 is 0 Å². The average molecular weight is 298 g/mol. The molecule has 0 aliphatic carbocycles. The van der Waals surface area contributed by atoms with Crippen LogP contribution in [0, 0.1) is 0 Å². The zero-order chi connectivity index (χ0) is 16.2. The van der Waals surface area contributed by atoms with Gasteiger partial charge in [0, 0.05) is 0 Å². The highest BCUT2D eigenvalue weighted by molar-refractivity contribution is 6.03. The van der Waals surface area contributed by atoms with Crippen LogP contribution in [0.25, 0.3) is 0 Å². The van der Waals surface area contributed by atoms with Crippen LogP contribution in [0.4, 0.5) is 0 Å². The molecule has 0 aliphatic rings. The molecule has 0 N–H and O–H groups in total. The van der Waals surface area contributed by atoms with Crippen molar-refractivity contribution < 1.29 is 19.1 Å². The van der Waals surface area contributed by atoms with E-state index in [0.29, 0.717) is 5.75 Å². The van der Waals surface area contributed by atoms with E-state index in [-0.39, 0.29) is 11.1 Å². The van der Waals surface area contributed by atoms with E-state index in [9.17, 15) is 9.59 Å². The molecule has 0 aliphatic heterocycles. The summed E-state index contributed by atoms with van der Waals surface area (Å²) in [4.78, 5) is 24.5. The Balaban J connectivity index is 2.24. The molecule has 0 saturated carbocycles. The Bertz CT molecular complexity index is 669. The molecule has 0 heterocycles. The van der Waals surface area contributed by atoms with E-state index in [1.165, 1.54) is 0 Å². The summed E-state index contributed by atoms with van der Waals surface area (Å²) >= 11 is 0. The van der Waals surface area contributed by atoms with Gasteiger partial charge in [0.05, 0.1) is 11.1 Å². The Hall–Kier alpha value is -2.62. The van der Waals surface area contributed by atoms with Crippen molar-refractivity contribution >= 4 is 11.9 Å². The fourth-order valence-electron chi connectivity index (χ4n) is 1.82. The van der Waals surface area contributed by atoms with Crippen molar-refractivity contribution in [2.75, 3.05) is 0 Å². The Kier molecular flexibility index (Phi) is 4.61. The average Bonchev–Trinajstić information content (AvgIpc) is 2.46. The molecule has 2 rings (SSSR count). The molecule has 0 amide bonds. The minimum absolute atomic E-state index is 0.181. The molecular formula is C18H18O4. The molecule has 0 aromatic heterocycles. The van der Waals surface area contributed by atoms with Gasteiger partial charge in [-0.1, -0.05) is 30.3 Å². The van der Waals surface area contributed by atoms with Crippen LogP contribution >= 0.6 is 0 Å². The van der Waals surface area contributed by atoms with Crippen molar-refractivity contribution in [1.82, 2.24) is 0 Å². The molecule has 0 fully saturated rings. The van der Waals surface area contributed by atoms with Gasteiger partial charge >= 0.3 is 11.9 Å². The highest BCUT2D eigenvalue weighted by Gasteiger charge is 2.23. The second-order valence-corrected chi connectivity index (χ2v) is 5.75. The minimum atomic E-state index is -0.631. The number of para-hydroxylation sites is 1. The molecule has 0 atom stereocenters. The third-order valence-corrected chi connectivity index (χ3v) is 2.72. The van der Waals surface area contributed by atoms with Crippen molar-refractivity contribution in [3.8, 4) is 5.75 Å².